The second kappa shape index (κ2) is 4.98. The van der Waals surface area contributed by atoms with Crippen LogP contribution < -0.4 is 11.1 Å². The van der Waals surface area contributed by atoms with E-state index in [-0.39, 0.29) is 0 Å². The summed E-state index contributed by atoms with van der Waals surface area (Å²) < 4.78 is 0. The molecule has 0 spiro atoms. The van der Waals surface area contributed by atoms with E-state index >= 15 is 0 Å². The Kier molecular flexibility index (Phi) is 3.62. The Labute approximate surface area is 98.2 Å². The van der Waals surface area contributed by atoms with E-state index in [1.807, 2.05) is 0 Å². The molecule has 1 aliphatic rings. The molecule has 88 valence electrons. The Morgan fingerprint density at radius 2 is 2.12 bits per heavy atom. The highest BCUT2D eigenvalue weighted by Gasteiger charge is 2.32. The number of benzene rings is 1. The largest absolute Gasteiger partial charge is 0.329 e. The Morgan fingerprint density at radius 3 is 2.69 bits per heavy atom. The van der Waals surface area contributed by atoms with E-state index in [0.717, 1.165) is 18.4 Å². The van der Waals surface area contributed by atoms with Gasteiger partial charge in [0.15, 0.2) is 0 Å². The van der Waals surface area contributed by atoms with Crippen LogP contribution in [0.25, 0.3) is 0 Å². The van der Waals surface area contributed by atoms with E-state index in [9.17, 15) is 0 Å². The third-order valence-electron chi connectivity index (χ3n) is 3.70. The van der Waals surface area contributed by atoms with Gasteiger partial charge < -0.3 is 11.1 Å². The average Bonchev–Trinajstić information content (AvgIpc) is 2.98. The quantitative estimate of drug-likeness (QED) is 0.795. The molecule has 0 radical (unpaired) electrons. The zero-order valence-corrected chi connectivity index (χ0v) is 10.2. The van der Waals surface area contributed by atoms with Gasteiger partial charge in [-0.3, -0.25) is 0 Å². The lowest BCUT2D eigenvalue weighted by Crippen LogP contribution is -2.30. The molecule has 0 bridgehead atoms. The predicted molar refractivity (Wildman–Crippen MR) is 68.2 cm³/mol. The van der Waals surface area contributed by atoms with Crippen molar-refractivity contribution in [2.24, 2.45) is 17.6 Å². The van der Waals surface area contributed by atoms with Crippen LogP contribution in [0.4, 0.5) is 0 Å². The predicted octanol–water partition coefficient (Wildman–Crippen LogP) is 2.24. The molecule has 3 atom stereocenters. The van der Waals surface area contributed by atoms with Crippen LogP contribution in [0.5, 0.6) is 0 Å². The minimum Gasteiger partial charge on any atom is -0.329 e. The summed E-state index contributed by atoms with van der Waals surface area (Å²) in [7, 11) is 0. The lowest BCUT2D eigenvalue weighted by atomic mass is 10.0. The first-order chi connectivity index (χ1) is 7.72. The Morgan fingerprint density at radius 1 is 1.44 bits per heavy atom. The molecule has 1 aromatic carbocycles. The maximum atomic E-state index is 5.85. The van der Waals surface area contributed by atoms with Crippen molar-refractivity contribution < 1.29 is 0 Å². The topological polar surface area (TPSA) is 38.0 Å². The summed E-state index contributed by atoms with van der Waals surface area (Å²) in [6, 6.07) is 8.81. The van der Waals surface area contributed by atoms with Crippen LogP contribution in [-0.4, -0.2) is 13.1 Å². The van der Waals surface area contributed by atoms with Gasteiger partial charge in [-0.15, -0.1) is 0 Å². The minimum absolute atomic E-state index is 0.314. The summed E-state index contributed by atoms with van der Waals surface area (Å²) >= 11 is 0. The first-order valence-electron chi connectivity index (χ1n) is 6.21. The van der Waals surface area contributed by atoms with Gasteiger partial charge in [-0.25, -0.2) is 0 Å². The molecule has 2 rings (SSSR count). The van der Waals surface area contributed by atoms with Crippen LogP contribution in [0.1, 0.15) is 30.5 Å². The fourth-order valence-electron chi connectivity index (χ4n) is 2.28. The maximum absolute atomic E-state index is 5.85. The molecule has 0 aromatic heterocycles. The summed E-state index contributed by atoms with van der Waals surface area (Å²) in [5.74, 6) is 1.78. The zero-order chi connectivity index (χ0) is 11.5. The SMILES string of the molecule is Cc1ccccc1C(CN)NCC1CC1C. The van der Waals surface area contributed by atoms with Crippen LogP contribution in [0.3, 0.4) is 0 Å². The van der Waals surface area contributed by atoms with Crippen molar-refractivity contribution in [3.8, 4) is 0 Å². The molecular weight excluding hydrogens is 196 g/mol. The molecule has 3 unspecified atom stereocenters. The number of aryl methyl sites for hydroxylation is 1. The number of rotatable bonds is 5. The third kappa shape index (κ3) is 2.63. The molecule has 0 saturated heterocycles. The van der Waals surface area contributed by atoms with Gasteiger partial charge in [0.05, 0.1) is 0 Å². The van der Waals surface area contributed by atoms with E-state index in [0.29, 0.717) is 12.6 Å². The molecular formula is C14H22N2. The number of hydrogen-bond acceptors (Lipinski definition) is 2. The first-order valence-corrected chi connectivity index (χ1v) is 6.21. The summed E-state index contributed by atoms with van der Waals surface area (Å²) in [6.45, 7) is 6.25. The second-order valence-electron chi connectivity index (χ2n) is 5.03. The lowest BCUT2D eigenvalue weighted by Gasteiger charge is -2.19. The fraction of sp³-hybridized carbons (Fsp3) is 0.571. The van der Waals surface area contributed by atoms with Gasteiger partial charge in [0.2, 0.25) is 0 Å². The highest BCUT2D eigenvalue weighted by molar-refractivity contribution is 5.29. The fourth-order valence-corrected chi connectivity index (χ4v) is 2.28. The van der Waals surface area contributed by atoms with Gasteiger partial charge in [-0.2, -0.15) is 0 Å². The van der Waals surface area contributed by atoms with E-state index < -0.39 is 0 Å². The number of nitrogens with two attached hydrogens (primary N) is 1. The van der Waals surface area contributed by atoms with Crippen molar-refractivity contribution in [2.75, 3.05) is 13.1 Å². The maximum Gasteiger partial charge on any atom is 0.0447 e. The smallest absolute Gasteiger partial charge is 0.0447 e. The first kappa shape index (κ1) is 11.6. The van der Waals surface area contributed by atoms with Crippen molar-refractivity contribution in [1.82, 2.24) is 5.32 Å². The molecule has 1 aromatic rings. The van der Waals surface area contributed by atoms with Crippen molar-refractivity contribution in [1.29, 1.82) is 0 Å². The van der Waals surface area contributed by atoms with E-state index in [4.69, 9.17) is 5.73 Å². The third-order valence-corrected chi connectivity index (χ3v) is 3.70. The monoisotopic (exact) mass is 218 g/mol. The number of nitrogens with one attached hydrogen (secondary N) is 1. The van der Waals surface area contributed by atoms with Gasteiger partial charge in [0.1, 0.15) is 0 Å². The summed E-state index contributed by atoms with van der Waals surface area (Å²) in [4.78, 5) is 0. The van der Waals surface area contributed by atoms with Crippen LogP contribution in [0, 0.1) is 18.8 Å². The number of hydrogen-bond donors (Lipinski definition) is 2. The van der Waals surface area contributed by atoms with Gasteiger partial charge in [0.25, 0.3) is 0 Å². The summed E-state index contributed by atoms with van der Waals surface area (Å²) in [5, 5.41) is 3.59. The van der Waals surface area contributed by atoms with Gasteiger partial charge in [-0.05, 0) is 42.9 Å². The van der Waals surface area contributed by atoms with Crippen LogP contribution in [-0.2, 0) is 0 Å². The molecule has 1 aliphatic carbocycles. The van der Waals surface area contributed by atoms with Gasteiger partial charge in [-0.1, -0.05) is 31.2 Å². The van der Waals surface area contributed by atoms with Gasteiger partial charge in [0, 0.05) is 12.6 Å². The molecule has 1 fully saturated rings. The lowest BCUT2D eigenvalue weighted by molar-refractivity contribution is 0.510. The zero-order valence-electron chi connectivity index (χ0n) is 10.2. The molecule has 0 aliphatic heterocycles. The molecule has 2 nitrogen and oxygen atoms in total. The summed E-state index contributed by atoms with van der Waals surface area (Å²) in [5.41, 5.74) is 8.53. The Balaban J connectivity index is 1.96. The summed E-state index contributed by atoms with van der Waals surface area (Å²) in [6.07, 6.45) is 1.37. The highest BCUT2D eigenvalue weighted by atomic mass is 14.9. The van der Waals surface area contributed by atoms with Crippen molar-refractivity contribution >= 4 is 0 Å². The van der Waals surface area contributed by atoms with Crippen molar-refractivity contribution in [2.45, 2.75) is 26.3 Å². The highest BCUT2D eigenvalue weighted by Crippen LogP contribution is 2.37. The molecule has 1 saturated carbocycles. The average molecular weight is 218 g/mol. The standard InChI is InChI=1S/C14H22N2/c1-10-5-3-4-6-13(10)14(8-15)16-9-12-7-11(12)2/h3-6,11-12,14,16H,7-9,15H2,1-2H3. The second-order valence-corrected chi connectivity index (χ2v) is 5.03. The van der Waals surface area contributed by atoms with Crippen molar-refractivity contribution in [3.05, 3.63) is 35.4 Å². The van der Waals surface area contributed by atoms with Crippen LogP contribution >= 0.6 is 0 Å². The van der Waals surface area contributed by atoms with E-state index in [1.165, 1.54) is 17.5 Å². The molecule has 0 amide bonds. The molecule has 0 heterocycles. The van der Waals surface area contributed by atoms with E-state index in [1.54, 1.807) is 0 Å². The normalized spacial score (nSPS) is 25.4. The Bertz CT molecular complexity index is 348. The van der Waals surface area contributed by atoms with Gasteiger partial charge >= 0.3 is 0 Å². The molecule has 16 heavy (non-hydrogen) atoms. The molecule has 2 heteroatoms. The van der Waals surface area contributed by atoms with Crippen molar-refractivity contribution in [3.63, 3.8) is 0 Å². The van der Waals surface area contributed by atoms with Crippen LogP contribution in [0.2, 0.25) is 0 Å². The molecule has 3 N–H and O–H groups in total. The minimum atomic E-state index is 0.314. The van der Waals surface area contributed by atoms with Crippen LogP contribution in [0.15, 0.2) is 24.3 Å². The van der Waals surface area contributed by atoms with E-state index in [2.05, 4.69) is 43.4 Å². The Hall–Kier alpha value is -0.860.